The van der Waals surface area contributed by atoms with Gasteiger partial charge < -0.3 is 34.0 Å². The molecule has 0 fully saturated rings. The van der Waals surface area contributed by atoms with Gasteiger partial charge in [-0.2, -0.15) is 0 Å². The molecular formula is C46H50N4O8. The molecule has 2 aromatic heterocycles. The van der Waals surface area contributed by atoms with Gasteiger partial charge in [0.15, 0.2) is 29.2 Å². The molecule has 2 amide bonds. The van der Waals surface area contributed by atoms with Crippen molar-refractivity contribution in [2.45, 2.75) is 92.5 Å². The van der Waals surface area contributed by atoms with Crippen molar-refractivity contribution >= 4 is 17.8 Å². The van der Waals surface area contributed by atoms with E-state index in [4.69, 9.17) is 18.6 Å². The standard InChI is InChI=1S/C46H50N4O8/c1-26-27(2)47-18-16-36(26)31-10-8-30(9-11-31)20-37(45(53)54)49-43(51)38-21-33-22-39-40(23-34(33)24-50(38)44(52)42-28(3)57-29(4)48-42)58-41(25-56-39)32-12-14-35(15-13-32)55-19-17-46(5,6)7/h8-16,18,22-23,37-38,41H,17,19-21,24-25H2,1-7H3,(H,49,51)(H,53,54). The lowest BCUT2D eigenvalue weighted by Gasteiger charge is -2.37. The summed E-state index contributed by atoms with van der Waals surface area (Å²) >= 11 is 0. The molecule has 7 rings (SSSR count). The van der Waals surface area contributed by atoms with Crippen molar-refractivity contribution in [2.24, 2.45) is 5.41 Å². The van der Waals surface area contributed by atoms with Crippen molar-refractivity contribution in [3.63, 3.8) is 0 Å². The van der Waals surface area contributed by atoms with Crippen molar-refractivity contribution in [3.05, 3.63) is 124 Å². The summed E-state index contributed by atoms with van der Waals surface area (Å²) in [6.07, 6.45) is 2.49. The largest absolute Gasteiger partial charge is 0.494 e. The number of benzene rings is 3. The Morgan fingerprint density at radius 2 is 1.69 bits per heavy atom. The minimum atomic E-state index is -1.25. The number of carboxylic acid groups (broad SMARTS) is 1. The molecule has 0 aliphatic carbocycles. The molecule has 0 saturated heterocycles. The van der Waals surface area contributed by atoms with Gasteiger partial charge >= 0.3 is 5.97 Å². The lowest BCUT2D eigenvalue weighted by atomic mass is 9.91. The number of aryl methyl sites for hydroxylation is 3. The van der Waals surface area contributed by atoms with Gasteiger partial charge in [-0.05, 0) is 102 Å². The maximum absolute atomic E-state index is 14.2. The third-order valence-electron chi connectivity index (χ3n) is 10.9. The quantitative estimate of drug-likeness (QED) is 0.136. The Kier molecular flexibility index (Phi) is 11.3. The molecule has 0 bridgehead atoms. The highest BCUT2D eigenvalue weighted by Crippen LogP contribution is 2.41. The zero-order valence-corrected chi connectivity index (χ0v) is 34.0. The van der Waals surface area contributed by atoms with Crippen LogP contribution in [0.2, 0.25) is 0 Å². The number of oxazole rings is 1. The molecule has 2 N–H and O–H groups in total. The van der Waals surface area contributed by atoms with Crippen LogP contribution in [-0.4, -0.2) is 63.1 Å². The molecule has 2 aliphatic rings. The van der Waals surface area contributed by atoms with Gasteiger partial charge in [-0.1, -0.05) is 57.2 Å². The number of nitrogens with one attached hydrogen (secondary N) is 1. The lowest BCUT2D eigenvalue weighted by Crippen LogP contribution is -2.56. The number of fused-ring (bicyclic) bond motifs is 2. The minimum Gasteiger partial charge on any atom is -0.494 e. The number of aromatic nitrogens is 2. The molecule has 0 saturated carbocycles. The highest BCUT2D eigenvalue weighted by atomic mass is 16.6. The summed E-state index contributed by atoms with van der Waals surface area (Å²) in [4.78, 5) is 51.1. The predicted molar refractivity (Wildman–Crippen MR) is 217 cm³/mol. The number of carbonyl (C=O) groups excluding carboxylic acids is 2. The van der Waals surface area contributed by atoms with Gasteiger partial charge in [-0.3, -0.25) is 14.6 Å². The van der Waals surface area contributed by atoms with E-state index in [0.717, 1.165) is 56.8 Å². The van der Waals surface area contributed by atoms with Crippen molar-refractivity contribution in [3.8, 4) is 28.4 Å². The van der Waals surface area contributed by atoms with E-state index in [1.54, 1.807) is 20.0 Å². The van der Waals surface area contributed by atoms with Crippen molar-refractivity contribution in [2.75, 3.05) is 13.2 Å². The molecule has 5 aromatic rings. The van der Waals surface area contributed by atoms with E-state index in [2.05, 4.69) is 36.1 Å². The average molecular weight is 787 g/mol. The van der Waals surface area contributed by atoms with Crippen LogP contribution < -0.4 is 19.5 Å². The van der Waals surface area contributed by atoms with Crippen LogP contribution in [0, 0.1) is 33.1 Å². The predicted octanol–water partition coefficient (Wildman–Crippen LogP) is 7.68. The van der Waals surface area contributed by atoms with E-state index < -0.39 is 29.9 Å². The number of aliphatic carboxylic acids is 1. The molecule has 302 valence electrons. The van der Waals surface area contributed by atoms with E-state index >= 15 is 0 Å². The molecule has 3 aromatic carbocycles. The summed E-state index contributed by atoms with van der Waals surface area (Å²) in [7, 11) is 0. The lowest BCUT2D eigenvalue weighted by molar-refractivity contribution is -0.142. The fourth-order valence-corrected chi connectivity index (χ4v) is 7.36. The van der Waals surface area contributed by atoms with Crippen LogP contribution in [0.3, 0.4) is 0 Å². The molecule has 12 nitrogen and oxygen atoms in total. The van der Waals surface area contributed by atoms with Crippen molar-refractivity contribution in [1.29, 1.82) is 0 Å². The third-order valence-corrected chi connectivity index (χ3v) is 10.9. The van der Waals surface area contributed by atoms with Gasteiger partial charge in [0.2, 0.25) is 5.91 Å². The number of hydrogen-bond donors (Lipinski definition) is 2. The van der Waals surface area contributed by atoms with Gasteiger partial charge in [0, 0.05) is 38.2 Å². The van der Waals surface area contributed by atoms with E-state index in [1.807, 2.05) is 80.6 Å². The van der Waals surface area contributed by atoms with Crippen LogP contribution in [0.5, 0.6) is 17.2 Å². The molecule has 0 spiro atoms. The number of ether oxygens (including phenoxy) is 3. The van der Waals surface area contributed by atoms with E-state index in [1.165, 1.54) is 4.90 Å². The Morgan fingerprint density at radius 3 is 2.36 bits per heavy atom. The van der Waals surface area contributed by atoms with Gasteiger partial charge in [-0.15, -0.1) is 0 Å². The smallest absolute Gasteiger partial charge is 0.326 e. The summed E-state index contributed by atoms with van der Waals surface area (Å²) in [5.74, 6) is 0.208. The van der Waals surface area contributed by atoms with Gasteiger partial charge in [0.1, 0.15) is 30.2 Å². The zero-order valence-electron chi connectivity index (χ0n) is 34.0. The van der Waals surface area contributed by atoms with E-state index in [-0.39, 0.29) is 43.2 Å². The Morgan fingerprint density at radius 1 is 0.966 bits per heavy atom. The Bertz CT molecular complexity index is 2330. The number of nitrogens with zero attached hydrogens (tertiary/aromatic N) is 3. The maximum Gasteiger partial charge on any atom is 0.326 e. The maximum atomic E-state index is 14.2. The second-order valence-corrected chi connectivity index (χ2v) is 16.4. The zero-order chi connectivity index (χ0) is 41.3. The first kappa shape index (κ1) is 40.0. The van der Waals surface area contributed by atoms with Gasteiger partial charge in [0.05, 0.1) is 6.61 Å². The highest BCUT2D eigenvalue weighted by molar-refractivity contribution is 5.98. The molecule has 3 unspecified atom stereocenters. The Balaban J connectivity index is 1.10. The summed E-state index contributed by atoms with van der Waals surface area (Å²) in [5, 5.41) is 13.0. The number of hydrogen-bond acceptors (Lipinski definition) is 9. The number of carboxylic acids is 1. The molecule has 0 radical (unpaired) electrons. The number of carbonyl (C=O) groups is 3. The molecule has 2 aliphatic heterocycles. The van der Waals surface area contributed by atoms with Crippen LogP contribution >= 0.6 is 0 Å². The van der Waals surface area contributed by atoms with E-state index in [0.29, 0.717) is 29.8 Å². The number of pyridine rings is 1. The van der Waals surface area contributed by atoms with Crippen LogP contribution in [-0.2, 0) is 29.0 Å². The second-order valence-electron chi connectivity index (χ2n) is 16.4. The Hall–Kier alpha value is -6.17. The van der Waals surface area contributed by atoms with E-state index in [9.17, 15) is 19.5 Å². The normalized spacial score (nSPS) is 16.6. The SMILES string of the molecule is Cc1nc(C(=O)N2Cc3cc4c(cc3CC2C(=O)NC(Cc2ccc(-c3ccnc(C)c3C)cc2)C(=O)O)OCC(c2ccc(OCCC(C)(C)C)cc2)O4)c(C)o1. The third kappa shape index (κ3) is 8.86. The van der Waals surface area contributed by atoms with Crippen LogP contribution in [0.1, 0.15) is 88.9 Å². The first-order valence-electron chi connectivity index (χ1n) is 19.6. The van der Waals surface area contributed by atoms with Crippen molar-refractivity contribution in [1.82, 2.24) is 20.2 Å². The summed E-state index contributed by atoms with van der Waals surface area (Å²) in [6, 6.07) is 18.8. The Labute approximate surface area is 338 Å². The second kappa shape index (κ2) is 16.4. The van der Waals surface area contributed by atoms with Crippen LogP contribution in [0.25, 0.3) is 11.1 Å². The van der Waals surface area contributed by atoms with Crippen LogP contribution in [0.4, 0.5) is 0 Å². The summed E-state index contributed by atoms with van der Waals surface area (Å²) in [6.45, 7) is 14.8. The fourth-order valence-electron chi connectivity index (χ4n) is 7.36. The monoisotopic (exact) mass is 786 g/mol. The first-order chi connectivity index (χ1) is 27.6. The van der Waals surface area contributed by atoms with Gasteiger partial charge in [0.25, 0.3) is 5.91 Å². The summed E-state index contributed by atoms with van der Waals surface area (Å²) < 4.78 is 24.2. The molecule has 58 heavy (non-hydrogen) atoms. The first-order valence-corrected chi connectivity index (χ1v) is 19.6. The highest BCUT2D eigenvalue weighted by Gasteiger charge is 2.39. The molecule has 3 atom stereocenters. The average Bonchev–Trinajstić information content (AvgIpc) is 3.54. The number of amides is 2. The molecule has 4 heterocycles. The van der Waals surface area contributed by atoms with Crippen LogP contribution in [0.15, 0.2) is 77.3 Å². The number of rotatable bonds is 11. The van der Waals surface area contributed by atoms with Crippen molar-refractivity contribution < 1.29 is 38.1 Å². The van der Waals surface area contributed by atoms with Gasteiger partial charge in [-0.25, -0.2) is 9.78 Å². The summed E-state index contributed by atoms with van der Waals surface area (Å²) in [5.41, 5.74) is 7.54. The molecular weight excluding hydrogens is 737 g/mol. The minimum absolute atomic E-state index is 0.0430. The fraction of sp³-hybridized carbons (Fsp3) is 0.370. The topological polar surface area (TPSA) is 153 Å². The molecule has 12 heteroatoms.